The number of piperazine rings is 1. The second-order valence-corrected chi connectivity index (χ2v) is 11.4. The van der Waals surface area contributed by atoms with E-state index < -0.39 is 11.9 Å². The van der Waals surface area contributed by atoms with Gasteiger partial charge in [-0.15, -0.1) is 0 Å². The molecule has 1 N–H and O–H groups in total. The monoisotopic (exact) mass is 482 g/mol. The second-order valence-electron chi connectivity index (χ2n) is 11.4. The first kappa shape index (κ1) is 23.9. The Morgan fingerprint density at radius 3 is 2.09 bits per heavy atom. The quantitative estimate of drug-likeness (QED) is 0.467. The molecule has 6 rings (SSSR count). The van der Waals surface area contributed by atoms with Crippen LogP contribution in [0, 0.1) is 17.8 Å². The van der Waals surface area contributed by atoms with Crippen LogP contribution in [-0.2, 0) is 19.8 Å². The van der Waals surface area contributed by atoms with Crippen LogP contribution in [0.1, 0.15) is 44.1 Å². The molecule has 4 aliphatic carbocycles. The number of hydrogen-bond donors (Lipinski definition) is 1. The zero-order chi connectivity index (χ0) is 24.8. The summed E-state index contributed by atoms with van der Waals surface area (Å²) in [6.07, 6.45) is 8.87. The normalized spacial score (nSPS) is 31.3. The molecule has 4 saturated carbocycles. The van der Waals surface area contributed by atoms with E-state index in [0.29, 0.717) is 43.4 Å². The molecule has 0 radical (unpaired) electrons. The van der Waals surface area contributed by atoms with E-state index in [1.165, 1.54) is 44.1 Å². The van der Waals surface area contributed by atoms with Gasteiger partial charge in [-0.25, -0.2) is 4.79 Å². The minimum Gasteiger partial charge on any atom is -0.540 e. The first-order valence-corrected chi connectivity index (χ1v) is 12.7. The maximum atomic E-state index is 12.7. The van der Waals surface area contributed by atoms with Crippen molar-refractivity contribution in [3.63, 3.8) is 0 Å². The molecular formula is C27H34N2O6. The number of carbonyl (C=O) groups excluding carboxylic acids is 2. The minimum absolute atomic E-state index is 0.0846. The van der Waals surface area contributed by atoms with Crippen molar-refractivity contribution in [1.82, 2.24) is 4.90 Å². The predicted molar refractivity (Wildman–Crippen MR) is 125 cm³/mol. The number of hydrogen-bond acceptors (Lipinski definition) is 5. The third-order valence-corrected chi connectivity index (χ3v) is 9.00. The Hall–Kier alpha value is -2.87. The number of quaternary nitrogens is 1. The fourth-order valence-electron chi connectivity index (χ4n) is 7.55. The number of amides is 1. The second kappa shape index (κ2) is 8.97. The summed E-state index contributed by atoms with van der Waals surface area (Å²) in [7, 11) is 1.65. The van der Waals surface area contributed by atoms with Crippen molar-refractivity contribution in [2.75, 3.05) is 39.8 Å². The van der Waals surface area contributed by atoms with Gasteiger partial charge in [0.25, 0.3) is 5.91 Å². The summed E-state index contributed by atoms with van der Waals surface area (Å²) in [5.74, 6) is 0.346. The van der Waals surface area contributed by atoms with E-state index in [2.05, 4.69) is 12.1 Å². The smallest absolute Gasteiger partial charge is 0.334 e. The standard InChI is InChI=1S/C27H34N2O6/c1-29(23(26(33)34)13-25(31)32)8-6-28(7-9-29)24(30)17-35-22-4-2-21(3-5-22)27-14-18-10-19(15-27)12-20(11-18)16-27/h2-5,13,18-20H,6-12,14-17H2,1H3,(H-,31,32,33,34)/b23-13-. The maximum absolute atomic E-state index is 12.7. The molecule has 1 aromatic carbocycles. The molecular weight excluding hydrogens is 448 g/mol. The van der Waals surface area contributed by atoms with Crippen LogP contribution in [0.15, 0.2) is 36.0 Å². The van der Waals surface area contributed by atoms with E-state index in [4.69, 9.17) is 9.84 Å². The lowest BCUT2D eigenvalue weighted by Gasteiger charge is -2.57. The third-order valence-electron chi connectivity index (χ3n) is 9.00. The Bertz CT molecular complexity index is 1000. The Labute approximate surface area is 205 Å². The van der Waals surface area contributed by atoms with Gasteiger partial charge in [0.05, 0.1) is 26.2 Å². The molecule has 35 heavy (non-hydrogen) atoms. The topological polar surface area (TPSA) is 107 Å². The predicted octanol–water partition coefficient (Wildman–Crippen LogP) is 1.54. The molecule has 0 unspecified atom stereocenters. The summed E-state index contributed by atoms with van der Waals surface area (Å²) in [6, 6.07) is 8.34. The molecule has 1 amide bonds. The molecule has 188 valence electrons. The van der Waals surface area contributed by atoms with Gasteiger partial charge in [-0.1, -0.05) is 12.1 Å². The van der Waals surface area contributed by atoms with Gasteiger partial charge >= 0.3 is 5.97 Å². The molecule has 5 aliphatic rings. The molecule has 0 aromatic heterocycles. The largest absolute Gasteiger partial charge is 0.540 e. The summed E-state index contributed by atoms with van der Waals surface area (Å²) in [5, 5.41) is 20.4. The highest BCUT2D eigenvalue weighted by Crippen LogP contribution is 2.60. The van der Waals surface area contributed by atoms with Crippen molar-refractivity contribution in [2.45, 2.75) is 43.9 Å². The Morgan fingerprint density at radius 1 is 1.06 bits per heavy atom. The number of carboxylic acids is 2. The van der Waals surface area contributed by atoms with Crippen molar-refractivity contribution in [3.05, 3.63) is 41.6 Å². The van der Waals surface area contributed by atoms with Gasteiger partial charge in [0.15, 0.2) is 12.3 Å². The van der Waals surface area contributed by atoms with Crippen molar-refractivity contribution >= 4 is 17.8 Å². The lowest BCUT2D eigenvalue weighted by molar-refractivity contribution is -0.874. The molecule has 8 nitrogen and oxygen atoms in total. The average molecular weight is 483 g/mol. The van der Waals surface area contributed by atoms with Crippen molar-refractivity contribution in [1.29, 1.82) is 0 Å². The lowest BCUT2D eigenvalue weighted by Crippen LogP contribution is -2.60. The summed E-state index contributed by atoms with van der Waals surface area (Å²) in [4.78, 5) is 36.8. The fourth-order valence-corrected chi connectivity index (χ4v) is 7.55. The van der Waals surface area contributed by atoms with Crippen LogP contribution in [0.5, 0.6) is 5.75 Å². The SMILES string of the molecule is C[N+]1(/C(=C\C(=O)O)C(=O)[O-])CCN(C(=O)COc2ccc(C34CC5CC(CC(C5)C3)C4)cc2)CC1. The van der Waals surface area contributed by atoms with Gasteiger partial charge in [0.1, 0.15) is 24.8 Å². The molecule has 0 spiro atoms. The lowest BCUT2D eigenvalue weighted by atomic mass is 9.48. The Morgan fingerprint density at radius 2 is 1.60 bits per heavy atom. The number of ether oxygens (including phenoxy) is 1. The van der Waals surface area contributed by atoms with Gasteiger partial charge < -0.3 is 24.6 Å². The molecule has 0 atom stereocenters. The van der Waals surface area contributed by atoms with Crippen LogP contribution in [0.25, 0.3) is 0 Å². The Balaban J connectivity index is 1.15. The van der Waals surface area contributed by atoms with Crippen LogP contribution < -0.4 is 9.84 Å². The molecule has 8 heteroatoms. The molecule has 1 heterocycles. The third kappa shape index (κ3) is 4.68. The number of carbonyl (C=O) groups is 3. The maximum Gasteiger partial charge on any atom is 0.334 e. The summed E-state index contributed by atoms with van der Waals surface area (Å²) >= 11 is 0. The summed E-state index contributed by atoms with van der Waals surface area (Å²) < 4.78 is 5.70. The van der Waals surface area contributed by atoms with Gasteiger partial charge in [0.2, 0.25) is 0 Å². The highest BCUT2D eigenvalue weighted by atomic mass is 16.5. The first-order valence-electron chi connectivity index (χ1n) is 12.7. The van der Waals surface area contributed by atoms with Crippen molar-refractivity contribution < 1.29 is 33.8 Å². The van der Waals surface area contributed by atoms with Crippen LogP contribution in [-0.4, -0.2) is 72.2 Å². The number of benzene rings is 1. The highest BCUT2D eigenvalue weighted by Gasteiger charge is 2.51. The van der Waals surface area contributed by atoms with Crippen LogP contribution in [0.3, 0.4) is 0 Å². The first-order chi connectivity index (χ1) is 16.7. The minimum atomic E-state index is -1.50. The molecule has 1 aliphatic heterocycles. The van der Waals surface area contributed by atoms with E-state index in [9.17, 15) is 19.5 Å². The fraction of sp³-hybridized carbons (Fsp3) is 0.593. The number of aliphatic carboxylic acids is 2. The van der Waals surface area contributed by atoms with E-state index >= 15 is 0 Å². The summed E-state index contributed by atoms with van der Waals surface area (Å²) in [6.45, 7) is 1.12. The van der Waals surface area contributed by atoms with Crippen LogP contribution in [0.4, 0.5) is 0 Å². The van der Waals surface area contributed by atoms with E-state index in [0.717, 1.165) is 17.8 Å². The molecule has 1 saturated heterocycles. The molecule has 1 aromatic rings. The summed E-state index contributed by atoms with van der Waals surface area (Å²) in [5.41, 5.74) is 1.46. The van der Waals surface area contributed by atoms with Gasteiger partial charge in [-0.3, -0.25) is 9.28 Å². The van der Waals surface area contributed by atoms with Crippen LogP contribution in [0.2, 0.25) is 0 Å². The zero-order valence-corrected chi connectivity index (χ0v) is 20.3. The van der Waals surface area contributed by atoms with Gasteiger partial charge in [-0.05, 0) is 79.4 Å². The Kier molecular flexibility index (Phi) is 6.11. The average Bonchev–Trinajstić information content (AvgIpc) is 2.80. The van der Waals surface area contributed by atoms with Gasteiger partial charge in [-0.2, -0.15) is 0 Å². The molecule has 4 bridgehead atoms. The van der Waals surface area contributed by atoms with Gasteiger partial charge in [0, 0.05) is 0 Å². The van der Waals surface area contributed by atoms with E-state index in [-0.39, 0.29) is 22.7 Å². The van der Waals surface area contributed by atoms with E-state index in [1.54, 1.807) is 11.9 Å². The number of carboxylic acid groups (broad SMARTS) is 2. The zero-order valence-electron chi connectivity index (χ0n) is 20.3. The van der Waals surface area contributed by atoms with Crippen molar-refractivity contribution in [2.24, 2.45) is 17.8 Å². The number of rotatable bonds is 7. The highest BCUT2D eigenvalue weighted by molar-refractivity contribution is 5.91. The molecule has 5 fully saturated rings. The number of likely N-dealkylation sites (N-methyl/N-ethyl adjacent to an activating group) is 1. The van der Waals surface area contributed by atoms with Crippen molar-refractivity contribution in [3.8, 4) is 5.75 Å². The number of nitrogens with zero attached hydrogens (tertiary/aromatic N) is 2. The van der Waals surface area contributed by atoms with Crippen LogP contribution >= 0.6 is 0 Å². The van der Waals surface area contributed by atoms with E-state index in [1.807, 2.05) is 12.1 Å².